The maximum atomic E-state index is 7.30. The number of hydrogen-bond donors (Lipinski definition) is 0. The zero-order valence-corrected chi connectivity index (χ0v) is 62.5. The SMILES string of the molecule is CC(C)[Si](C([Si](C)(C)C)[Si](C)(C)C)(C([Si](C)(C)C)[Si](C)(C)C)[Si]12N=C(c3ccccc3)[Si]([Si](C(C)C)(C([Si](C)(C)C)[Si](C)(C)C)C([Si](C)(C)C)[Si](C)(C)C)(C(c3ccccc3)=N1)C(c1ccccc1)=N2. The summed E-state index contributed by atoms with van der Waals surface area (Å²) in [4.78, 5) is 2.81. The molecule has 3 aliphatic rings. The molecule has 0 saturated heterocycles. The van der Waals surface area contributed by atoms with E-state index in [2.05, 4.69) is 276 Å². The van der Waals surface area contributed by atoms with Gasteiger partial charge in [-0.15, -0.1) is 0 Å². The average Bonchev–Trinajstić information content (AvgIpc) is 3.16. The molecule has 0 N–H and O–H groups in total. The van der Waals surface area contributed by atoms with Crippen molar-refractivity contribution in [3.05, 3.63) is 108 Å². The molecule has 388 valence electrons. The minimum absolute atomic E-state index is 0.487. The van der Waals surface area contributed by atoms with Crippen LogP contribution in [0.3, 0.4) is 0 Å². The van der Waals surface area contributed by atoms with E-state index in [-0.39, 0.29) is 0 Å². The zero-order valence-electron chi connectivity index (χ0n) is 50.5. The highest BCUT2D eigenvalue weighted by molar-refractivity contribution is 7.81. The maximum Gasteiger partial charge on any atom is 0.408 e. The van der Waals surface area contributed by atoms with Crippen molar-refractivity contribution in [2.75, 3.05) is 0 Å². The fraction of sp³-hybridized carbons (Fsp3) is 0.618. The van der Waals surface area contributed by atoms with Crippen LogP contribution in [-0.4, -0.2) is 111 Å². The zero-order chi connectivity index (χ0) is 53.7. The first-order valence-electron chi connectivity index (χ1n) is 27.4. The van der Waals surface area contributed by atoms with Gasteiger partial charge < -0.3 is 0 Å². The summed E-state index contributed by atoms with van der Waals surface area (Å²) < 4.78 is 21.9. The maximum absolute atomic E-state index is 7.30. The molecule has 0 unspecified atom stereocenters. The molecule has 15 heteroatoms. The van der Waals surface area contributed by atoms with Crippen molar-refractivity contribution in [2.45, 2.75) is 215 Å². The van der Waals surface area contributed by atoms with Gasteiger partial charge in [0.05, 0.1) is 7.59 Å². The van der Waals surface area contributed by atoms with E-state index in [4.69, 9.17) is 14.0 Å². The van der Waals surface area contributed by atoms with Crippen LogP contribution in [-0.2, 0) is 0 Å². The normalized spacial score (nSPS) is 20.6. The Bertz CT molecular complexity index is 2130. The van der Waals surface area contributed by atoms with Crippen LogP contribution in [0.1, 0.15) is 44.4 Å². The van der Waals surface area contributed by atoms with Gasteiger partial charge in [0.1, 0.15) is 7.59 Å². The Hall–Kier alpha value is -0.727. The highest BCUT2D eigenvalue weighted by Gasteiger charge is 2.83. The molecular formula is C55H105N3Si12. The fourth-order valence-corrected chi connectivity index (χ4v) is 204. The summed E-state index contributed by atoms with van der Waals surface area (Å²) in [6.45, 7) is 78.5. The Morgan fingerprint density at radius 1 is 0.286 bits per heavy atom. The quantitative estimate of drug-likeness (QED) is 0.107. The highest BCUT2D eigenvalue weighted by atomic mass is 29.3. The van der Waals surface area contributed by atoms with Crippen LogP contribution in [0.5, 0.6) is 0 Å². The van der Waals surface area contributed by atoms with Crippen LogP contribution in [0, 0.1) is 0 Å². The lowest BCUT2D eigenvalue weighted by atomic mass is 10.2. The molecule has 0 amide bonds. The van der Waals surface area contributed by atoms with Gasteiger partial charge >= 0.3 is 8.08 Å². The van der Waals surface area contributed by atoms with Gasteiger partial charge in [-0.25, -0.2) is 0 Å². The van der Waals surface area contributed by atoms with E-state index in [1.807, 2.05) is 0 Å². The van der Waals surface area contributed by atoms with Crippen LogP contribution in [0.25, 0.3) is 0 Å². The molecule has 2 bridgehead atoms. The number of nitrogens with zero attached hydrogens (tertiary/aromatic N) is 3. The van der Waals surface area contributed by atoms with Crippen molar-refractivity contribution in [3.8, 4) is 0 Å². The third-order valence-corrected chi connectivity index (χ3v) is 124. The summed E-state index contributed by atoms with van der Waals surface area (Å²) in [5, 5.41) is 4.74. The molecule has 3 aromatic carbocycles. The molecule has 0 fully saturated rings. The number of benzene rings is 3. The van der Waals surface area contributed by atoms with Crippen molar-refractivity contribution >= 4 is 111 Å². The second-order valence-corrected chi connectivity index (χ2v) is 104. The molecule has 0 aliphatic carbocycles. The summed E-state index contributed by atoms with van der Waals surface area (Å²) >= 11 is 0. The standard InChI is InChI=1S/C55H105N3Si12/c1-44(2)67(52(59(5,6)7)60(8,9)10,53(61(11,12)13)62(14,15)16)69-49(46-38-32-29-33-39-46)56-70(57-50(69)47-40-34-30-35-41-47,58-51(69)48-42-36-31-37-43-48)68(45(3)4,54(63(17,18)19)64(20,21)22)55(65(23,24)25)66(26,27)28/h29-45,52-55H,1-28H3. The highest BCUT2D eigenvalue weighted by Crippen LogP contribution is 2.66. The van der Waals surface area contributed by atoms with Crippen molar-refractivity contribution < 1.29 is 0 Å². The average molecular weight is 1150 g/mol. The minimum Gasteiger partial charge on any atom is -0.286 e. The molecule has 3 nitrogen and oxygen atoms in total. The fourth-order valence-electron chi connectivity index (χ4n) is 18.9. The first-order valence-corrected chi connectivity index (χ1v) is 66.3. The van der Waals surface area contributed by atoms with Crippen molar-refractivity contribution in [1.82, 2.24) is 0 Å². The number of hydrogen-bond acceptors (Lipinski definition) is 3. The van der Waals surface area contributed by atoms with Crippen LogP contribution in [0.15, 0.2) is 105 Å². The van der Waals surface area contributed by atoms with Gasteiger partial charge in [0.2, 0.25) is 7.59 Å². The Morgan fingerprint density at radius 2 is 0.471 bits per heavy atom. The largest absolute Gasteiger partial charge is 0.408 e. The molecule has 0 radical (unpaired) electrons. The summed E-state index contributed by atoms with van der Waals surface area (Å²) in [6.07, 6.45) is 0. The van der Waals surface area contributed by atoms with Gasteiger partial charge in [-0.05, 0) is 22.2 Å². The molecule has 0 saturated carbocycles. The molecule has 3 heterocycles. The van der Waals surface area contributed by atoms with Crippen LogP contribution >= 0.6 is 0 Å². The molecule has 3 aliphatic heterocycles. The summed E-state index contributed by atoms with van der Waals surface area (Å²) in [7, 11) is -28.4. The van der Waals surface area contributed by atoms with Gasteiger partial charge in [0.25, 0.3) is 0 Å². The van der Waals surface area contributed by atoms with Crippen LogP contribution in [0.2, 0.25) is 187 Å². The summed E-state index contributed by atoms with van der Waals surface area (Å²) in [6, 6.07) is 36.4. The third-order valence-electron chi connectivity index (χ3n) is 17.0. The Kier molecular flexibility index (Phi) is 16.9. The van der Waals surface area contributed by atoms with Crippen molar-refractivity contribution in [3.63, 3.8) is 0 Å². The van der Waals surface area contributed by atoms with Gasteiger partial charge in [0.15, 0.2) is 0 Å². The van der Waals surface area contributed by atoms with E-state index in [1.54, 1.807) is 16.0 Å². The summed E-state index contributed by atoms with van der Waals surface area (Å²) in [5.41, 5.74) is 5.27. The van der Waals surface area contributed by atoms with Crippen LogP contribution < -0.4 is 0 Å². The molecule has 6 rings (SSSR count). The third kappa shape index (κ3) is 10.2. The Labute approximate surface area is 444 Å². The molecule has 0 spiro atoms. The second kappa shape index (κ2) is 19.7. The number of rotatable bonds is 19. The van der Waals surface area contributed by atoms with E-state index < -0.39 is 95.4 Å². The Balaban J connectivity index is 2.47. The lowest BCUT2D eigenvalue weighted by molar-refractivity contribution is 0.977. The molecule has 70 heavy (non-hydrogen) atoms. The predicted molar refractivity (Wildman–Crippen MR) is 354 cm³/mol. The lowest BCUT2D eigenvalue weighted by Crippen LogP contribution is -2.92. The second-order valence-electron chi connectivity index (χ2n) is 31.7. The van der Waals surface area contributed by atoms with E-state index in [0.717, 1.165) is 0 Å². The molecule has 3 aromatic rings. The monoisotopic (exact) mass is 1140 g/mol. The predicted octanol–water partition coefficient (Wildman–Crippen LogP) is 17.9. The Morgan fingerprint density at radius 3 is 0.643 bits per heavy atom. The minimum atomic E-state index is -3.51. The molecule has 0 aromatic heterocycles. The lowest BCUT2D eigenvalue weighted by Gasteiger charge is -2.71. The van der Waals surface area contributed by atoms with Gasteiger partial charge in [-0.3, -0.25) is 14.0 Å². The van der Waals surface area contributed by atoms with E-state index >= 15 is 0 Å². The molecule has 0 atom stereocenters. The van der Waals surface area contributed by atoms with Crippen LogP contribution in [0.4, 0.5) is 0 Å². The van der Waals surface area contributed by atoms with E-state index in [1.165, 1.54) is 16.7 Å². The van der Waals surface area contributed by atoms with Gasteiger partial charge in [-0.2, -0.15) is 0 Å². The summed E-state index contributed by atoms with van der Waals surface area (Å²) in [5.74, 6) is 0. The van der Waals surface area contributed by atoms with Gasteiger partial charge in [0, 0.05) is 80.6 Å². The smallest absolute Gasteiger partial charge is 0.286 e. The van der Waals surface area contributed by atoms with Gasteiger partial charge in [-0.1, -0.05) is 301 Å². The van der Waals surface area contributed by atoms with Crippen molar-refractivity contribution in [1.29, 1.82) is 0 Å². The van der Waals surface area contributed by atoms with E-state index in [9.17, 15) is 0 Å². The van der Waals surface area contributed by atoms with Crippen molar-refractivity contribution in [2.24, 2.45) is 14.0 Å². The first kappa shape index (κ1) is 60.1. The topological polar surface area (TPSA) is 37.1 Å². The first-order chi connectivity index (χ1) is 31.5. The molecular weight excluding hydrogens is 1040 g/mol. The van der Waals surface area contributed by atoms with E-state index in [0.29, 0.717) is 30.2 Å².